The van der Waals surface area contributed by atoms with Gasteiger partial charge in [0.1, 0.15) is 6.61 Å². The van der Waals surface area contributed by atoms with Crippen LogP contribution in [0, 0.1) is 23.7 Å². The van der Waals surface area contributed by atoms with Crippen molar-refractivity contribution in [3.8, 4) is 11.8 Å². The Bertz CT molecular complexity index is 307. The van der Waals surface area contributed by atoms with Gasteiger partial charge in [-0.2, -0.15) is 8.42 Å². The lowest BCUT2D eigenvalue weighted by Gasteiger charge is -1.91. The maximum Gasteiger partial charge on any atom is 0.265 e. The Balaban J connectivity index is 2.21. The van der Waals surface area contributed by atoms with Crippen LogP contribution in [0.4, 0.5) is 0 Å². The lowest BCUT2D eigenvalue weighted by atomic mass is 10.3. The van der Waals surface area contributed by atoms with E-state index in [2.05, 4.69) is 22.9 Å². The Morgan fingerprint density at radius 2 is 2.17 bits per heavy atom. The molecule has 0 N–H and O–H groups in total. The molecule has 0 aromatic carbocycles. The predicted octanol–water partition coefficient (Wildman–Crippen LogP) is 0.622. The van der Waals surface area contributed by atoms with Gasteiger partial charge in [-0.1, -0.05) is 18.8 Å². The SMILES string of the molecule is C[C@@H]1C[C@H]1C#CCOS(C)(=O)=O. The monoisotopic (exact) mass is 188 g/mol. The summed E-state index contributed by atoms with van der Waals surface area (Å²) in [5.41, 5.74) is 0. The summed E-state index contributed by atoms with van der Waals surface area (Å²) in [4.78, 5) is 0. The Kier molecular flexibility index (Phi) is 2.76. The Morgan fingerprint density at radius 3 is 2.58 bits per heavy atom. The molecule has 3 nitrogen and oxygen atoms in total. The molecule has 0 saturated heterocycles. The van der Waals surface area contributed by atoms with Crippen molar-refractivity contribution in [1.82, 2.24) is 0 Å². The summed E-state index contributed by atoms with van der Waals surface area (Å²) in [6.07, 6.45) is 2.15. The first kappa shape index (κ1) is 9.56. The van der Waals surface area contributed by atoms with Gasteiger partial charge in [0, 0.05) is 5.92 Å². The van der Waals surface area contributed by atoms with Crippen LogP contribution in [0.15, 0.2) is 0 Å². The van der Waals surface area contributed by atoms with Crippen molar-refractivity contribution in [2.75, 3.05) is 12.9 Å². The summed E-state index contributed by atoms with van der Waals surface area (Å²) in [6, 6.07) is 0. The number of rotatable bonds is 2. The van der Waals surface area contributed by atoms with Gasteiger partial charge in [0.05, 0.1) is 6.26 Å². The summed E-state index contributed by atoms with van der Waals surface area (Å²) >= 11 is 0. The minimum Gasteiger partial charge on any atom is -0.257 e. The highest BCUT2D eigenvalue weighted by molar-refractivity contribution is 7.85. The highest BCUT2D eigenvalue weighted by Crippen LogP contribution is 2.36. The van der Waals surface area contributed by atoms with Gasteiger partial charge in [0.15, 0.2) is 0 Å². The zero-order valence-electron chi connectivity index (χ0n) is 7.20. The van der Waals surface area contributed by atoms with Crippen molar-refractivity contribution >= 4 is 10.1 Å². The van der Waals surface area contributed by atoms with E-state index < -0.39 is 10.1 Å². The molecule has 0 radical (unpaired) electrons. The minimum absolute atomic E-state index is 0.0119. The molecule has 2 atom stereocenters. The van der Waals surface area contributed by atoms with E-state index in [1.165, 1.54) is 0 Å². The fourth-order valence-electron chi connectivity index (χ4n) is 0.832. The summed E-state index contributed by atoms with van der Waals surface area (Å²) in [7, 11) is -3.32. The van der Waals surface area contributed by atoms with Crippen molar-refractivity contribution in [2.24, 2.45) is 11.8 Å². The molecule has 0 bridgehead atoms. The fourth-order valence-corrected chi connectivity index (χ4v) is 1.11. The van der Waals surface area contributed by atoms with Crippen molar-refractivity contribution in [3.63, 3.8) is 0 Å². The van der Waals surface area contributed by atoms with Crippen LogP contribution < -0.4 is 0 Å². The third kappa shape index (κ3) is 3.74. The maximum absolute atomic E-state index is 10.5. The lowest BCUT2D eigenvalue weighted by Crippen LogP contribution is -2.02. The first-order chi connectivity index (χ1) is 5.49. The topological polar surface area (TPSA) is 43.4 Å². The molecule has 1 rings (SSSR count). The van der Waals surface area contributed by atoms with Crippen LogP contribution >= 0.6 is 0 Å². The highest BCUT2D eigenvalue weighted by atomic mass is 32.2. The van der Waals surface area contributed by atoms with Crippen LogP contribution in [0.1, 0.15) is 13.3 Å². The third-order valence-corrected chi connectivity index (χ3v) is 2.29. The molecule has 1 saturated carbocycles. The molecule has 0 spiro atoms. The minimum atomic E-state index is -3.32. The van der Waals surface area contributed by atoms with Gasteiger partial charge < -0.3 is 0 Å². The molecule has 4 heteroatoms. The molecule has 0 aromatic rings. The maximum atomic E-state index is 10.5. The molecule has 0 unspecified atom stereocenters. The molecule has 0 heterocycles. The van der Waals surface area contributed by atoms with Crippen molar-refractivity contribution in [3.05, 3.63) is 0 Å². The van der Waals surface area contributed by atoms with Gasteiger partial charge in [-0.25, -0.2) is 0 Å². The second kappa shape index (κ2) is 3.46. The summed E-state index contributed by atoms with van der Waals surface area (Å²) in [6.45, 7) is 2.11. The summed E-state index contributed by atoms with van der Waals surface area (Å²) in [5.74, 6) is 6.76. The van der Waals surface area contributed by atoms with Gasteiger partial charge in [-0.3, -0.25) is 4.18 Å². The second-order valence-corrected chi connectivity index (χ2v) is 4.75. The molecular weight excluding hydrogens is 176 g/mol. The van der Waals surface area contributed by atoms with Gasteiger partial charge in [-0.05, 0) is 12.3 Å². The number of hydrogen-bond acceptors (Lipinski definition) is 3. The predicted molar refractivity (Wildman–Crippen MR) is 45.8 cm³/mol. The molecule has 0 aliphatic heterocycles. The van der Waals surface area contributed by atoms with Crippen molar-refractivity contribution in [2.45, 2.75) is 13.3 Å². The quantitative estimate of drug-likeness (QED) is 0.471. The molecule has 1 aliphatic carbocycles. The van der Waals surface area contributed by atoms with E-state index in [0.29, 0.717) is 11.8 Å². The highest BCUT2D eigenvalue weighted by Gasteiger charge is 2.30. The van der Waals surface area contributed by atoms with Crippen LogP contribution in [0.5, 0.6) is 0 Å². The van der Waals surface area contributed by atoms with Gasteiger partial charge in [-0.15, -0.1) is 0 Å². The molecule has 68 valence electrons. The van der Waals surface area contributed by atoms with E-state index in [1.807, 2.05) is 0 Å². The molecule has 0 amide bonds. The van der Waals surface area contributed by atoms with E-state index in [-0.39, 0.29) is 6.61 Å². The first-order valence-corrected chi connectivity index (χ1v) is 5.63. The Morgan fingerprint density at radius 1 is 1.58 bits per heavy atom. The Hall–Kier alpha value is -0.530. The van der Waals surface area contributed by atoms with Crippen LogP contribution in [-0.2, 0) is 14.3 Å². The summed E-state index contributed by atoms with van der Waals surface area (Å²) < 4.78 is 25.4. The van der Waals surface area contributed by atoms with Crippen LogP contribution in [0.3, 0.4) is 0 Å². The zero-order valence-corrected chi connectivity index (χ0v) is 8.02. The molecule has 12 heavy (non-hydrogen) atoms. The van der Waals surface area contributed by atoms with E-state index in [9.17, 15) is 8.42 Å². The standard InChI is InChI=1S/C8H12O3S/c1-7-6-8(7)4-3-5-11-12(2,9)10/h7-8H,5-6H2,1-2H3/t7-,8-/m1/s1. The van der Waals surface area contributed by atoms with Gasteiger partial charge >= 0.3 is 0 Å². The second-order valence-electron chi connectivity index (χ2n) is 3.11. The third-order valence-electron chi connectivity index (χ3n) is 1.74. The normalized spacial score (nSPS) is 27.5. The smallest absolute Gasteiger partial charge is 0.257 e. The van der Waals surface area contributed by atoms with E-state index in [4.69, 9.17) is 0 Å². The van der Waals surface area contributed by atoms with Crippen LogP contribution in [-0.4, -0.2) is 21.3 Å². The first-order valence-electron chi connectivity index (χ1n) is 3.82. The molecular formula is C8H12O3S. The Labute approximate surface area is 73.2 Å². The molecule has 0 aromatic heterocycles. The number of hydrogen-bond donors (Lipinski definition) is 0. The molecule has 1 aliphatic rings. The van der Waals surface area contributed by atoms with Crippen molar-refractivity contribution < 1.29 is 12.6 Å². The van der Waals surface area contributed by atoms with E-state index >= 15 is 0 Å². The summed E-state index contributed by atoms with van der Waals surface area (Å²) in [5, 5.41) is 0. The van der Waals surface area contributed by atoms with Crippen molar-refractivity contribution in [1.29, 1.82) is 0 Å². The zero-order chi connectivity index (χ0) is 9.19. The largest absolute Gasteiger partial charge is 0.265 e. The van der Waals surface area contributed by atoms with Gasteiger partial charge in [0.25, 0.3) is 10.1 Å². The van der Waals surface area contributed by atoms with Crippen LogP contribution in [0.25, 0.3) is 0 Å². The van der Waals surface area contributed by atoms with Crippen LogP contribution in [0.2, 0.25) is 0 Å². The average Bonchev–Trinajstić information content (AvgIpc) is 2.57. The average molecular weight is 188 g/mol. The van der Waals surface area contributed by atoms with E-state index in [1.54, 1.807) is 0 Å². The molecule has 1 fully saturated rings. The fraction of sp³-hybridized carbons (Fsp3) is 0.750. The van der Waals surface area contributed by atoms with E-state index in [0.717, 1.165) is 12.7 Å². The lowest BCUT2D eigenvalue weighted by molar-refractivity contribution is 0.367. The van der Waals surface area contributed by atoms with Gasteiger partial charge in [0.2, 0.25) is 0 Å².